The summed E-state index contributed by atoms with van der Waals surface area (Å²) in [6.07, 6.45) is 2.06. The van der Waals surface area contributed by atoms with Crippen molar-refractivity contribution < 1.29 is 4.79 Å². The molecule has 2 aromatic heterocycles. The first kappa shape index (κ1) is 12.1. The van der Waals surface area contributed by atoms with Crippen molar-refractivity contribution >= 4 is 28.8 Å². The second-order valence-electron chi connectivity index (χ2n) is 3.50. The minimum Gasteiger partial charge on any atom is -0.351 e. The first-order valence-corrected chi connectivity index (χ1v) is 6.30. The van der Waals surface area contributed by atoms with E-state index < -0.39 is 0 Å². The zero-order chi connectivity index (χ0) is 12.3. The molecule has 0 saturated heterocycles. The van der Waals surface area contributed by atoms with E-state index in [1.807, 2.05) is 12.3 Å². The molecule has 90 valence electrons. The molecule has 0 saturated carbocycles. The van der Waals surface area contributed by atoms with E-state index in [0.29, 0.717) is 22.9 Å². The number of hydrogen-bond acceptors (Lipinski definition) is 4. The largest absolute Gasteiger partial charge is 0.351 e. The maximum atomic E-state index is 11.8. The Balaban J connectivity index is 1.87. The lowest BCUT2D eigenvalue weighted by atomic mass is 10.3. The Morgan fingerprint density at radius 3 is 3.06 bits per heavy atom. The summed E-state index contributed by atoms with van der Waals surface area (Å²) in [4.78, 5) is 16.3. The van der Waals surface area contributed by atoms with Crippen LogP contribution >= 0.6 is 22.9 Å². The molecule has 5 nitrogen and oxygen atoms in total. The molecule has 0 fully saturated rings. The highest BCUT2D eigenvalue weighted by Crippen LogP contribution is 2.26. The van der Waals surface area contributed by atoms with Crippen molar-refractivity contribution in [3.05, 3.63) is 33.0 Å². The van der Waals surface area contributed by atoms with Gasteiger partial charge in [-0.25, -0.2) is 4.98 Å². The monoisotopic (exact) mass is 270 g/mol. The Morgan fingerprint density at radius 1 is 1.65 bits per heavy atom. The van der Waals surface area contributed by atoms with E-state index in [1.165, 1.54) is 17.7 Å². The predicted molar refractivity (Wildman–Crippen MR) is 66.5 cm³/mol. The molecule has 7 heteroatoms. The Bertz CT molecular complexity index is 508. The van der Waals surface area contributed by atoms with Crippen LogP contribution in [0.15, 0.2) is 11.7 Å². The number of aromatic nitrogens is 3. The van der Waals surface area contributed by atoms with Crippen LogP contribution < -0.4 is 5.32 Å². The zero-order valence-corrected chi connectivity index (χ0v) is 10.7. The zero-order valence-electron chi connectivity index (χ0n) is 9.16. The molecule has 1 amide bonds. The van der Waals surface area contributed by atoms with Crippen LogP contribution in [0.25, 0.3) is 0 Å². The van der Waals surface area contributed by atoms with Crippen molar-refractivity contribution in [2.24, 2.45) is 0 Å². The van der Waals surface area contributed by atoms with Crippen LogP contribution in [-0.2, 0) is 6.42 Å². The smallest absolute Gasteiger partial charge is 0.262 e. The van der Waals surface area contributed by atoms with E-state index in [-0.39, 0.29) is 5.91 Å². The molecule has 2 N–H and O–H groups in total. The summed E-state index contributed by atoms with van der Waals surface area (Å²) in [5, 5.41) is 11.7. The molecule has 0 spiro atoms. The number of amides is 1. The molecule has 2 rings (SSSR count). The fourth-order valence-corrected chi connectivity index (χ4v) is 2.50. The van der Waals surface area contributed by atoms with E-state index in [2.05, 4.69) is 20.5 Å². The number of thiophene rings is 1. The summed E-state index contributed by atoms with van der Waals surface area (Å²) in [6, 6.07) is 0. The lowest BCUT2D eigenvalue weighted by molar-refractivity contribution is 0.0958. The third-order valence-corrected chi connectivity index (χ3v) is 3.91. The minimum absolute atomic E-state index is 0.146. The fraction of sp³-hybridized carbons (Fsp3) is 0.300. The van der Waals surface area contributed by atoms with Gasteiger partial charge in [0.2, 0.25) is 0 Å². The van der Waals surface area contributed by atoms with E-state index in [9.17, 15) is 4.79 Å². The number of halogens is 1. The van der Waals surface area contributed by atoms with Crippen molar-refractivity contribution in [1.29, 1.82) is 0 Å². The van der Waals surface area contributed by atoms with Gasteiger partial charge in [0.25, 0.3) is 5.91 Å². The Hall–Kier alpha value is -1.40. The van der Waals surface area contributed by atoms with Crippen LogP contribution in [0.3, 0.4) is 0 Å². The quantitative estimate of drug-likeness (QED) is 0.890. The first-order valence-electron chi connectivity index (χ1n) is 5.04. The number of nitrogens with zero attached hydrogens (tertiary/aromatic N) is 2. The molecule has 0 atom stereocenters. The summed E-state index contributed by atoms with van der Waals surface area (Å²) < 4.78 is 0. The lowest BCUT2D eigenvalue weighted by Gasteiger charge is -2.02. The highest BCUT2D eigenvalue weighted by Gasteiger charge is 2.13. The van der Waals surface area contributed by atoms with Crippen molar-refractivity contribution in [1.82, 2.24) is 20.5 Å². The van der Waals surface area contributed by atoms with Gasteiger partial charge >= 0.3 is 0 Å². The van der Waals surface area contributed by atoms with Crippen LogP contribution in [0.2, 0.25) is 5.02 Å². The fourth-order valence-electron chi connectivity index (χ4n) is 1.31. The molecule has 2 aromatic rings. The average Bonchev–Trinajstić information content (AvgIpc) is 2.91. The average molecular weight is 271 g/mol. The topological polar surface area (TPSA) is 70.7 Å². The number of carbonyl (C=O) groups is 1. The molecule has 0 aromatic carbocycles. The number of hydrogen-bond donors (Lipinski definition) is 2. The second kappa shape index (κ2) is 5.29. The van der Waals surface area contributed by atoms with Crippen LogP contribution in [0.4, 0.5) is 0 Å². The summed E-state index contributed by atoms with van der Waals surface area (Å²) >= 11 is 7.36. The van der Waals surface area contributed by atoms with Crippen molar-refractivity contribution in [2.75, 3.05) is 6.54 Å². The van der Waals surface area contributed by atoms with E-state index in [1.54, 1.807) is 0 Å². The Morgan fingerprint density at radius 2 is 2.47 bits per heavy atom. The standard InChI is InChI=1S/C10H11ClN4OS/c1-6-4-17-9(8(6)11)10(16)12-3-2-7-13-5-14-15-7/h4-5H,2-3H2,1H3,(H,12,16)(H,13,14,15). The van der Waals surface area contributed by atoms with Gasteiger partial charge in [0.05, 0.1) is 5.02 Å². The van der Waals surface area contributed by atoms with Crippen molar-refractivity contribution in [2.45, 2.75) is 13.3 Å². The number of carbonyl (C=O) groups excluding carboxylic acids is 1. The Kier molecular flexibility index (Phi) is 3.75. The van der Waals surface area contributed by atoms with Crippen LogP contribution in [0.1, 0.15) is 21.1 Å². The molecule has 0 unspecified atom stereocenters. The van der Waals surface area contributed by atoms with Crippen LogP contribution in [-0.4, -0.2) is 27.6 Å². The normalized spacial score (nSPS) is 10.5. The van der Waals surface area contributed by atoms with Gasteiger partial charge in [-0.05, 0) is 17.9 Å². The van der Waals surface area contributed by atoms with Crippen molar-refractivity contribution in [3.63, 3.8) is 0 Å². The maximum absolute atomic E-state index is 11.8. The molecule has 0 aliphatic heterocycles. The van der Waals surface area contributed by atoms with Gasteiger partial charge < -0.3 is 5.32 Å². The SMILES string of the molecule is Cc1csc(C(=O)NCCc2ncn[nH]2)c1Cl. The van der Waals surface area contributed by atoms with Crippen molar-refractivity contribution in [3.8, 4) is 0 Å². The molecular weight excluding hydrogens is 260 g/mol. The van der Waals surface area contributed by atoms with Gasteiger partial charge in [-0.3, -0.25) is 9.89 Å². The predicted octanol–water partition coefficient (Wildman–Crippen LogP) is 1.80. The van der Waals surface area contributed by atoms with E-state index in [0.717, 1.165) is 11.4 Å². The van der Waals surface area contributed by atoms with Gasteiger partial charge in [0.15, 0.2) is 0 Å². The number of aryl methyl sites for hydroxylation is 1. The van der Waals surface area contributed by atoms with E-state index >= 15 is 0 Å². The molecule has 0 aliphatic rings. The maximum Gasteiger partial charge on any atom is 0.262 e. The summed E-state index contributed by atoms with van der Waals surface area (Å²) in [5.41, 5.74) is 0.928. The summed E-state index contributed by atoms with van der Waals surface area (Å²) in [6.45, 7) is 2.38. The highest BCUT2D eigenvalue weighted by atomic mass is 35.5. The van der Waals surface area contributed by atoms with Gasteiger partial charge in [-0.15, -0.1) is 11.3 Å². The molecule has 0 radical (unpaired) electrons. The van der Waals surface area contributed by atoms with Gasteiger partial charge in [0, 0.05) is 13.0 Å². The molecule has 2 heterocycles. The number of nitrogens with one attached hydrogen (secondary N) is 2. The summed E-state index contributed by atoms with van der Waals surface area (Å²) in [7, 11) is 0. The minimum atomic E-state index is -0.146. The van der Waals surface area contributed by atoms with E-state index in [4.69, 9.17) is 11.6 Å². The molecule has 0 aliphatic carbocycles. The van der Waals surface area contributed by atoms with Gasteiger partial charge in [0.1, 0.15) is 17.0 Å². The van der Waals surface area contributed by atoms with Gasteiger partial charge in [-0.2, -0.15) is 5.10 Å². The number of H-pyrrole nitrogens is 1. The number of rotatable bonds is 4. The Labute approximate surface area is 107 Å². The van der Waals surface area contributed by atoms with Crippen LogP contribution in [0, 0.1) is 6.92 Å². The molecular formula is C10H11ClN4OS. The molecule has 17 heavy (non-hydrogen) atoms. The molecule has 0 bridgehead atoms. The lowest BCUT2D eigenvalue weighted by Crippen LogP contribution is -2.25. The van der Waals surface area contributed by atoms with Crippen LogP contribution in [0.5, 0.6) is 0 Å². The third kappa shape index (κ3) is 2.83. The van der Waals surface area contributed by atoms with Gasteiger partial charge in [-0.1, -0.05) is 11.6 Å². The number of aromatic amines is 1. The second-order valence-corrected chi connectivity index (χ2v) is 4.76. The highest BCUT2D eigenvalue weighted by molar-refractivity contribution is 7.13. The third-order valence-electron chi connectivity index (χ3n) is 2.22. The first-order chi connectivity index (χ1) is 8.18. The summed E-state index contributed by atoms with van der Waals surface area (Å²) in [5.74, 6) is 0.603.